The van der Waals surface area contributed by atoms with Crippen molar-refractivity contribution in [2.24, 2.45) is 5.73 Å². The number of para-hydroxylation sites is 1. The number of nitrogens with one attached hydrogen (secondary N) is 1. The fraction of sp³-hybridized carbons (Fsp3) is 0.0556. The van der Waals surface area contributed by atoms with Crippen LogP contribution in [0.5, 0.6) is 0 Å². The van der Waals surface area contributed by atoms with Gasteiger partial charge in [-0.3, -0.25) is 14.2 Å². The van der Waals surface area contributed by atoms with Crippen molar-refractivity contribution in [3.63, 3.8) is 0 Å². The van der Waals surface area contributed by atoms with Crippen molar-refractivity contribution in [1.29, 1.82) is 0 Å². The summed E-state index contributed by atoms with van der Waals surface area (Å²) in [5, 5.41) is 3.49. The number of thioether (sulfide) groups is 1. The molecule has 0 aliphatic heterocycles. The van der Waals surface area contributed by atoms with Gasteiger partial charge in [0, 0.05) is 16.9 Å². The molecule has 6 nitrogen and oxygen atoms in total. The van der Waals surface area contributed by atoms with Gasteiger partial charge in [-0.05, 0) is 36.6 Å². The average Bonchev–Trinajstić information content (AvgIpc) is 3.07. The Balaban J connectivity index is 1.94. The summed E-state index contributed by atoms with van der Waals surface area (Å²) in [5.41, 5.74) is 7.35. The molecule has 2 aromatic carbocycles. The van der Waals surface area contributed by atoms with E-state index in [2.05, 4.69) is 10.3 Å². The molecule has 2 amide bonds. The van der Waals surface area contributed by atoms with E-state index in [1.165, 1.54) is 18.0 Å². The van der Waals surface area contributed by atoms with Crippen LogP contribution < -0.4 is 11.1 Å². The first-order valence-electron chi connectivity index (χ1n) is 7.48. The van der Waals surface area contributed by atoms with E-state index in [0.29, 0.717) is 22.1 Å². The standard InChI is InChI=1S/C18H16N4O2S/c1-25-18-20-11-15(22(18)14-8-3-2-4-9-14)17(24)21-13-7-5-6-12(10-13)16(19)23/h2-11H,1H3,(H2,19,23)(H,21,24). The molecule has 3 rings (SSSR count). The highest BCUT2D eigenvalue weighted by Gasteiger charge is 2.18. The summed E-state index contributed by atoms with van der Waals surface area (Å²) in [6.45, 7) is 0. The van der Waals surface area contributed by atoms with Crippen LogP contribution in [0.3, 0.4) is 0 Å². The maximum Gasteiger partial charge on any atom is 0.274 e. The van der Waals surface area contributed by atoms with Gasteiger partial charge in [0.25, 0.3) is 5.91 Å². The zero-order valence-corrected chi connectivity index (χ0v) is 14.3. The number of amides is 2. The van der Waals surface area contributed by atoms with Gasteiger partial charge in [-0.1, -0.05) is 36.0 Å². The molecule has 3 N–H and O–H groups in total. The van der Waals surface area contributed by atoms with Gasteiger partial charge in [0.15, 0.2) is 5.16 Å². The van der Waals surface area contributed by atoms with Crippen molar-refractivity contribution in [3.8, 4) is 5.69 Å². The molecule has 0 saturated carbocycles. The molecule has 1 aromatic heterocycles. The van der Waals surface area contributed by atoms with Gasteiger partial charge in [-0.25, -0.2) is 4.98 Å². The molecule has 7 heteroatoms. The highest BCUT2D eigenvalue weighted by molar-refractivity contribution is 7.98. The van der Waals surface area contributed by atoms with Crippen molar-refractivity contribution < 1.29 is 9.59 Å². The van der Waals surface area contributed by atoms with Gasteiger partial charge in [0.2, 0.25) is 5.91 Å². The van der Waals surface area contributed by atoms with Crippen LogP contribution in [0.15, 0.2) is 66.0 Å². The van der Waals surface area contributed by atoms with Crippen LogP contribution in [0.1, 0.15) is 20.8 Å². The van der Waals surface area contributed by atoms with Gasteiger partial charge in [-0.15, -0.1) is 0 Å². The van der Waals surface area contributed by atoms with Crippen LogP contribution >= 0.6 is 11.8 Å². The lowest BCUT2D eigenvalue weighted by Crippen LogP contribution is -2.17. The molecule has 0 saturated heterocycles. The maximum absolute atomic E-state index is 12.7. The molecule has 0 fully saturated rings. The van der Waals surface area contributed by atoms with Crippen LogP contribution in [0, 0.1) is 0 Å². The molecule has 0 aliphatic rings. The number of nitrogens with zero attached hydrogens (tertiary/aromatic N) is 2. The van der Waals surface area contributed by atoms with Gasteiger partial charge in [-0.2, -0.15) is 0 Å². The Hall–Kier alpha value is -3.06. The highest BCUT2D eigenvalue weighted by atomic mass is 32.2. The molecule has 0 spiro atoms. The molecule has 0 unspecified atom stereocenters. The van der Waals surface area contributed by atoms with E-state index in [-0.39, 0.29) is 5.91 Å². The molecule has 126 valence electrons. The summed E-state index contributed by atoms with van der Waals surface area (Å²) < 4.78 is 1.79. The molecule has 0 atom stereocenters. The number of carbonyl (C=O) groups excluding carboxylic acids is 2. The second-order valence-corrected chi connectivity index (χ2v) is 5.97. The normalized spacial score (nSPS) is 10.4. The molecular formula is C18H16N4O2S. The number of hydrogen-bond acceptors (Lipinski definition) is 4. The van der Waals surface area contributed by atoms with Crippen LogP contribution in [-0.2, 0) is 0 Å². The predicted octanol–water partition coefficient (Wildman–Crippen LogP) is 2.95. The lowest BCUT2D eigenvalue weighted by molar-refractivity contribution is 0.0995. The Kier molecular flexibility index (Phi) is 4.85. The fourth-order valence-corrected chi connectivity index (χ4v) is 2.96. The summed E-state index contributed by atoms with van der Waals surface area (Å²) in [6, 6.07) is 16.0. The summed E-state index contributed by atoms with van der Waals surface area (Å²) in [6.07, 6.45) is 3.44. The topological polar surface area (TPSA) is 90.0 Å². The van der Waals surface area contributed by atoms with E-state index in [9.17, 15) is 9.59 Å². The molecule has 25 heavy (non-hydrogen) atoms. The van der Waals surface area contributed by atoms with Crippen LogP contribution in [0.25, 0.3) is 5.69 Å². The summed E-state index contributed by atoms with van der Waals surface area (Å²) in [5.74, 6) is -0.867. The molecule has 1 heterocycles. The summed E-state index contributed by atoms with van der Waals surface area (Å²) in [7, 11) is 0. The van der Waals surface area contributed by atoms with E-state index in [1.54, 1.807) is 28.8 Å². The van der Waals surface area contributed by atoms with Crippen LogP contribution in [0.4, 0.5) is 5.69 Å². The first kappa shape index (κ1) is 16.8. The molecule has 3 aromatic rings. The van der Waals surface area contributed by atoms with E-state index in [4.69, 9.17) is 5.73 Å². The van der Waals surface area contributed by atoms with E-state index < -0.39 is 5.91 Å². The van der Waals surface area contributed by atoms with Gasteiger partial charge in [0.1, 0.15) is 5.69 Å². The number of rotatable bonds is 5. The van der Waals surface area contributed by atoms with E-state index in [0.717, 1.165) is 5.69 Å². The largest absolute Gasteiger partial charge is 0.366 e. The Labute approximate surface area is 149 Å². The van der Waals surface area contributed by atoms with E-state index >= 15 is 0 Å². The van der Waals surface area contributed by atoms with Gasteiger partial charge >= 0.3 is 0 Å². The van der Waals surface area contributed by atoms with Crippen molar-refractivity contribution >= 4 is 29.3 Å². The fourth-order valence-electron chi connectivity index (χ4n) is 2.41. The lowest BCUT2D eigenvalue weighted by Gasteiger charge is -2.11. The number of nitrogens with two attached hydrogens (primary N) is 1. The van der Waals surface area contributed by atoms with Crippen LogP contribution in [0.2, 0.25) is 0 Å². The Bertz CT molecular complexity index is 922. The minimum atomic E-state index is -0.546. The maximum atomic E-state index is 12.7. The Morgan fingerprint density at radius 3 is 2.56 bits per heavy atom. The first-order valence-corrected chi connectivity index (χ1v) is 8.71. The number of carbonyl (C=O) groups is 2. The first-order chi connectivity index (χ1) is 12.1. The van der Waals surface area contributed by atoms with Crippen molar-refractivity contribution in [2.45, 2.75) is 5.16 Å². The third-order valence-electron chi connectivity index (χ3n) is 3.56. The smallest absolute Gasteiger partial charge is 0.274 e. The zero-order chi connectivity index (χ0) is 17.8. The Morgan fingerprint density at radius 2 is 1.88 bits per heavy atom. The van der Waals surface area contributed by atoms with Crippen molar-refractivity contribution in [3.05, 3.63) is 72.1 Å². The van der Waals surface area contributed by atoms with Crippen molar-refractivity contribution in [2.75, 3.05) is 11.6 Å². The predicted molar refractivity (Wildman–Crippen MR) is 98.3 cm³/mol. The summed E-state index contributed by atoms with van der Waals surface area (Å²) in [4.78, 5) is 28.3. The zero-order valence-electron chi connectivity index (χ0n) is 13.5. The van der Waals surface area contributed by atoms with Gasteiger partial charge in [0.05, 0.1) is 6.20 Å². The minimum absolute atomic E-state index is 0.321. The van der Waals surface area contributed by atoms with Crippen LogP contribution in [-0.4, -0.2) is 27.6 Å². The van der Waals surface area contributed by atoms with E-state index in [1.807, 2.05) is 36.6 Å². The number of aromatic nitrogens is 2. The third-order valence-corrected chi connectivity index (χ3v) is 4.22. The van der Waals surface area contributed by atoms with Gasteiger partial charge < -0.3 is 11.1 Å². The SMILES string of the molecule is CSc1ncc(C(=O)Nc2cccc(C(N)=O)c2)n1-c1ccccc1. The highest BCUT2D eigenvalue weighted by Crippen LogP contribution is 2.22. The minimum Gasteiger partial charge on any atom is -0.366 e. The lowest BCUT2D eigenvalue weighted by atomic mass is 10.2. The average molecular weight is 352 g/mol. The second-order valence-electron chi connectivity index (χ2n) is 5.20. The second kappa shape index (κ2) is 7.23. The number of anilines is 1. The molecule has 0 aliphatic carbocycles. The molecule has 0 radical (unpaired) electrons. The number of hydrogen-bond donors (Lipinski definition) is 2. The quantitative estimate of drug-likeness (QED) is 0.691. The van der Waals surface area contributed by atoms with Crippen molar-refractivity contribution in [1.82, 2.24) is 9.55 Å². The molecular weight excluding hydrogens is 336 g/mol. The molecule has 0 bridgehead atoms. The summed E-state index contributed by atoms with van der Waals surface area (Å²) >= 11 is 1.45. The number of imidazole rings is 1. The third kappa shape index (κ3) is 3.56. The monoisotopic (exact) mass is 352 g/mol. The number of primary amides is 1. The Morgan fingerprint density at radius 1 is 1.12 bits per heavy atom. The number of benzene rings is 2.